The number of nitrogens with one attached hydrogen (secondary N) is 2. The van der Waals surface area contributed by atoms with Gasteiger partial charge >= 0.3 is 0 Å². The number of nitrogens with zero attached hydrogens (tertiary/aromatic N) is 2. The third-order valence-electron chi connectivity index (χ3n) is 5.11. The van der Waals surface area contributed by atoms with Crippen LogP contribution in [0.25, 0.3) is 0 Å². The maximum atomic E-state index is 12.7. The van der Waals surface area contributed by atoms with Crippen LogP contribution in [0.2, 0.25) is 0 Å². The summed E-state index contributed by atoms with van der Waals surface area (Å²) in [5.74, 6) is 0.787. The lowest BCUT2D eigenvalue weighted by atomic mass is 10.0. The number of hydrogen-bond acceptors (Lipinski definition) is 5. The van der Waals surface area contributed by atoms with E-state index < -0.39 is 0 Å². The minimum absolute atomic E-state index is 0.0142. The van der Waals surface area contributed by atoms with E-state index in [-0.39, 0.29) is 17.9 Å². The van der Waals surface area contributed by atoms with Gasteiger partial charge in [-0.15, -0.1) is 0 Å². The number of methoxy groups -OCH3 is 1. The lowest BCUT2D eigenvalue weighted by Gasteiger charge is -2.36. The summed E-state index contributed by atoms with van der Waals surface area (Å²) in [6, 6.07) is 7.39. The van der Waals surface area contributed by atoms with Crippen molar-refractivity contribution in [2.75, 3.05) is 33.3 Å². The zero-order valence-corrected chi connectivity index (χ0v) is 15.5. The van der Waals surface area contributed by atoms with Gasteiger partial charge in [-0.2, -0.15) is 0 Å². The predicted molar refractivity (Wildman–Crippen MR) is 98.8 cm³/mol. The molecule has 142 valence electrons. The highest BCUT2D eigenvalue weighted by molar-refractivity contribution is 5.94. The van der Waals surface area contributed by atoms with Crippen LogP contribution in [0.5, 0.6) is 5.75 Å². The lowest BCUT2D eigenvalue weighted by Crippen LogP contribution is -2.54. The van der Waals surface area contributed by atoms with E-state index in [4.69, 9.17) is 4.74 Å². The van der Waals surface area contributed by atoms with Crippen molar-refractivity contribution in [1.29, 1.82) is 0 Å². The Hall–Kier alpha value is -2.12. The fourth-order valence-corrected chi connectivity index (χ4v) is 3.61. The van der Waals surface area contributed by atoms with Gasteiger partial charge in [-0.05, 0) is 31.0 Å². The molecule has 2 fully saturated rings. The zero-order chi connectivity index (χ0) is 18.5. The number of carbonyl (C=O) groups excluding carboxylic acids is 2. The molecule has 7 heteroatoms. The van der Waals surface area contributed by atoms with E-state index in [1.54, 1.807) is 24.1 Å². The van der Waals surface area contributed by atoms with Crippen molar-refractivity contribution in [2.45, 2.75) is 38.3 Å². The van der Waals surface area contributed by atoms with Crippen LogP contribution in [0.3, 0.4) is 0 Å². The van der Waals surface area contributed by atoms with Gasteiger partial charge in [-0.25, -0.2) is 5.43 Å². The van der Waals surface area contributed by atoms with Crippen LogP contribution >= 0.6 is 0 Å². The molecule has 2 N–H and O–H groups in total. The Morgan fingerprint density at radius 2 is 1.88 bits per heavy atom. The van der Waals surface area contributed by atoms with Gasteiger partial charge < -0.3 is 14.5 Å². The molecule has 2 unspecified atom stereocenters. The molecule has 0 bridgehead atoms. The number of piperazine rings is 1. The van der Waals surface area contributed by atoms with Gasteiger partial charge in [0.05, 0.1) is 7.11 Å². The molecule has 2 aliphatic rings. The second kappa shape index (κ2) is 8.51. The highest BCUT2D eigenvalue weighted by Gasteiger charge is 2.33. The summed E-state index contributed by atoms with van der Waals surface area (Å²) in [7, 11) is 1.59. The minimum atomic E-state index is -0.160. The molecule has 0 saturated carbocycles. The quantitative estimate of drug-likeness (QED) is 0.820. The van der Waals surface area contributed by atoms with Crippen molar-refractivity contribution >= 4 is 11.8 Å². The van der Waals surface area contributed by atoms with E-state index in [1.165, 1.54) is 0 Å². The first-order valence-corrected chi connectivity index (χ1v) is 9.35. The third-order valence-corrected chi connectivity index (χ3v) is 5.11. The molecule has 26 heavy (non-hydrogen) atoms. The number of ether oxygens (including phenoxy) is 1. The Bertz CT molecular complexity index is 643. The van der Waals surface area contributed by atoms with Crippen LogP contribution in [0.15, 0.2) is 24.3 Å². The molecule has 3 rings (SSSR count). The van der Waals surface area contributed by atoms with Gasteiger partial charge in [-0.3, -0.25) is 15.0 Å². The van der Waals surface area contributed by atoms with Gasteiger partial charge in [0.25, 0.3) is 5.91 Å². The number of benzene rings is 1. The smallest absolute Gasteiger partial charge is 0.254 e. The van der Waals surface area contributed by atoms with Gasteiger partial charge in [-0.1, -0.05) is 19.4 Å². The molecule has 0 spiro atoms. The van der Waals surface area contributed by atoms with Gasteiger partial charge in [0.2, 0.25) is 5.91 Å². The molecule has 0 radical (unpaired) electrons. The Kier molecular flexibility index (Phi) is 6.11. The molecule has 2 saturated heterocycles. The van der Waals surface area contributed by atoms with Crippen LogP contribution < -0.4 is 15.6 Å². The van der Waals surface area contributed by atoms with Gasteiger partial charge in [0.1, 0.15) is 11.8 Å². The first-order chi connectivity index (χ1) is 12.6. The molecular weight excluding hydrogens is 332 g/mol. The number of rotatable bonds is 5. The first kappa shape index (κ1) is 18.7. The first-order valence-electron chi connectivity index (χ1n) is 9.35. The highest BCUT2D eigenvalue weighted by atomic mass is 16.5. The maximum absolute atomic E-state index is 12.7. The number of amides is 2. The van der Waals surface area contributed by atoms with E-state index >= 15 is 0 Å². The summed E-state index contributed by atoms with van der Waals surface area (Å²) in [5, 5.41) is 0. The van der Waals surface area contributed by atoms with Crippen LogP contribution in [0.4, 0.5) is 0 Å². The molecule has 7 nitrogen and oxygen atoms in total. The van der Waals surface area contributed by atoms with E-state index in [0.717, 1.165) is 19.3 Å². The van der Waals surface area contributed by atoms with E-state index in [0.29, 0.717) is 43.5 Å². The average Bonchev–Trinajstić information content (AvgIpc) is 3.16. The zero-order valence-electron chi connectivity index (χ0n) is 15.5. The maximum Gasteiger partial charge on any atom is 0.254 e. The Morgan fingerprint density at radius 3 is 2.58 bits per heavy atom. The second-order valence-corrected chi connectivity index (χ2v) is 6.91. The summed E-state index contributed by atoms with van der Waals surface area (Å²) >= 11 is 0. The molecule has 2 atom stereocenters. The fraction of sp³-hybridized carbons (Fsp3) is 0.579. The predicted octanol–water partition coefficient (Wildman–Crippen LogP) is 1.01. The Morgan fingerprint density at radius 1 is 1.15 bits per heavy atom. The standard InChI is InChI=1S/C19H28N4O3/c1-3-5-15-13-17(21-20-15)19(25)23-10-8-22(9-11-23)18(24)14-6-4-7-16(12-14)26-2/h4,6-7,12,15,17,20-21H,3,5,8-11,13H2,1-2H3. The lowest BCUT2D eigenvalue weighted by molar-refractivity contribution is -0.134. The number of hydrogen-bond donors (Lipinski definition) is 2. The van der Waals surface area contributed by atoms with Crippen LogP contribution in [0.1, 0.15) is 36.5 Å². The topological polar surface area (TPSA) is 73.9 Å². The van der Waals surface area contributed by atoms with Crippen molar-refractivity contribution in [3.05, 3.63) is 29.8 Å². The van der Waals surface area contributed by atoms with Crippen LogP contribution in [-0.4, -0.2) is 67.0 Å². The van der Waals surface area contributed by atoms with Crippen molar-refractivity contribution in [1.82, 2.24) is 20.7 Å². The van der Waals surface area contributed by atoms with Crippen LogP contribution in [0, 0.1) is 0 Å². The Labute approximate surface area is 154 Å². The van der Waals surface area contributed by atoms with Crippen molar-refractivity contribution in [2.24, 2.45) is 0 Å². The normalized spacial score (nSPS) is 23.2. The van der Waals surface area contributed by atoms with E-state index in [1.807, 2.05) is 17.0 Å². The second-order valence-electron chi connectivity index (χ2n) is 6.91. The van der Waals surface area contributed by atoms with Crippen molar-refractivity contribution in [3.63, 3.8) is 0 Å². The Balaban J connectivity index is 1.52. The number of carbonyl (C=O) groups is 2. The van der Waals surface area contributed by atoms with Crippen molar-refractivity contribution in [3.8, 4) is 5.75 Å². The van der Waals surface area contributed by atoms with Crippen LogP contribution in [-0.2, 0) is 4.79 Å². The molecule has 0 aromatic heterocycles. The van der Waals surface area contributed by atoms with E-state index in [2.05, 4.69) is 17.8 Å². The molecular formula is C19H28N4O3. The summed E-state index contributed by atoms with van der Waals surface area (Å²) in [6.07, 6.45) is 3.00. The molecule has 0 aliphatic carbocycles. The summed E-state index contributed by atoms with van der Waals surface area (Å²) in [5.41, 5.74) is 6.96. The summed E-state index contributed by atoms with van der Waals surface area (Å²) < 4.78 is 5.19. The highest BCUT2D eigenvalue weighted by Crippen LogP contribution is 2.17. The fourth-order valence-electron chi connectivity index (χ4n) is 3.61. The summed E-state index contributed by atoms with van der Waals surface area (Å²) in [6.45, 7) is 4.41. The van der Waals surface area contributed by atoms with Gasteiger partial charge in [0, 0.05) is 37.8 Å². The van der Waals surface area contributed by atoms with Gasteiger partial charge in [0.15, 0.2) is 0 Å². The SMILES string of the molecule is CCCC1CC(C(=O)N2CCN(C(=O)c3cccc(OC)c3)CC2)NN1. The number of hydrazine groups is 1. The molecule has 1 aromatic rings. The molecule has 2 heterocycles. The van der Waals surface area contributed by atoms with Crippen molar-refractivity contribution < 1.29 is 14.3 Å². The third kappa shape index (κ3) is 4.16. The monoisotopic (exact) mass is 360 g/mol. The molecule has 2 amide bonds. The summed E-state index contributed by atoms with van der Waals surface area (Å²) in [4.78, 5) is 29.0. The largest absolute Gasteiger partial charge is 0.497 e. The minimum Gasteiger partial charge on any atom is -0.497 e. The molecule has 2 aliphatic heterocycles. The molecule has 1 aromatic carbocycles. The van der Waals surface area contributed by atoms with E-state index in [9.17, 15) is 9.59 Å². The average molecular weight is 360 g/mol.